The third-order valence-electron chi connectivity index (χ3n) is 2.83. The van der Waals surface area contributed by atoms with Gasteiger partial charge in [0.05, 0.1) is 0 Å². The number of benzene rings is 2. The van der Waals surface area contributed by atoms with Crippen molar-refractivity contribution in [3.63, 3.8) is 0 Å². The second-order valence-electron chi connectivity index (χ2n) is 4.50. The molecule has 0 aromatic heterocycles. The van der Waals surface area contributed by atoms with E-state index in [0.29, 0.717) is 6.42 Å². The van der Waals surface area contributed by atoms with Crippen LogP contribution in [-0.4, -0.2) is 17.1 Å². The number of hydrogen-bond acceptors (Lipinski definition) is 4. The number of halogens is 1. The molecule has 0 aliphatic carbocycles. The fourth-order valence-corrected chi connectivity index (χ4v) is 2.31. The number of rotatable bonds is 6. The molecule has 2 aromatic carbocycles. The maximum absolute atomic E-state index is 12.8. The molecule has 0 radical (unpaired) electrons. The Kier molecular flexibility index (Phi) is 5.19. The number of nitrogens with two attached hydrogens (primary N) is 1. The zero-order valence-corrected chi connectivity index (χ0v) is 11.9. The van der Waals surface area contributed by atoms with Gasteiger partial charge in [-0.15, -0.1) is 0 Å². The first-order valence-corrected chi connectivity index (χ1v) is 7.12. The molecule has 2 aromatic rings. The van der Waals surface area contributed by atoms with Crippen molar-refractivity contribution in [1.82, 2.24) is 0 Å². The number of hydrogen-bond donors (Lipinski definition) is 3. The summed E-state index contributed by atoms with van der Waals surface area (Å²) in [6, 6.07) is 12.6. The summed E-state index contributed by atoms with van der Waals surface area (Å²) in [4.78, 5) is 11.6. The van der Waals surface area contributed by atoms with Crippen LogP contribution in [0.1, 0.15) is 5.56 Å². The molecule has 1 unspecified atom stereocenters. The second kappa shape index (κ2) is 7.10. The molecule has 4 nitrogen and oxygen atoms in total. The minimum atomic E-state index is -1.01. The normalized spacial score (nSPS) is 11.9. The van der Waals surface area contributed by atoms with Crippen molar-refractivity contribution in [2.24, 2.45) is 5.73 Å². The Labute approximate surface area is 126 Å². The van der Waals surface area contributed by atoms with Crippen molar-refractivity contribution < 1.29 is 14.3 Å². The lowest BCUT2D eigenvalue weighted by Crippen LogP contribution is -2.32. The minimum absolute atomic E-state index is 0.265. The average molecular weight is 306 g/mol. The lowest BCUT2D eigenvalue weighted by atomic mass is 10.1. The predicted octanol–water partition coefficient (Wildman–Crippen LogP) is 2.90. The Morgan fingerprint density at radius 2 is 1.81 bits per heavy atom. The van der Waals surface area contributed by atoms with Gasteiger partial charge >= 0.3 is 5.97 Å². The molecule has 110 valence electrons. The average Bonchev–Trinajstić information content (AvgIpc) is 2.48. The van der Waals surface area contributed by atoms with Gasteiger partial charge in [0.1, 0.15) is 11.9 Å². The highest BCUT2D eigenvalue weighted by molar-refractivity contribution is 8.00. The maximum Gasteiger partial charge on any atom is 0.320 e. The molecule has 0 saturated heterocycles. The Bertz CT molecular complexity index is 602. The Hall–Kier alpha value is -2.05. The lowest BCUT2D eigenvalue weighted by Gasteiger charge is -2.08. The number of anilines is 1. The van der Waals surface area contributed by atoms with Crippen molar-refractivity contribution in [1.29, 1.82) is 0 Å². The number of nitrogens with one attached hydrogen (secondary N) is 1. The van der Waals surface area contributed by atoms with Gasteiger partial charge in [-0.2, -0.15) is 0 Å². The first-order valence-electron chi connectivity index (χ1n) is 6.30. The maximum atomic E-state index is 12.8. The van der Waals surface area contributed by atoms with Crippen LogP contribution in [0.25, 0.3) is 0 Å². The minimum Gasteiger partial charge on any atom is -0.480 e. The Morgan fingerprint density at radius 3 is 2.38 bits per heavy atom. The van der Waals surface area contributed by atoms with E-state index >= 15 is 0 Å². The standard InChI is InChI=1S/C15H15FN2O2S/c16-11-3-7-13(8-4-11)21-18-12-5-1-10(2-6-12)9-14(17)15(19)20/h1-8,14,18H,9,17H2,(H,19,20). The first kappa shape index (κ1) is 15.3. The van der Waals surface area contributed by atoms with E-state index in [1.54, 1.807) is 12.1 Å². The van der Waals surface area contributed by atoms with Crippen LogP contribution in [0, 0.1) is 5.82 Å². The number of carbonyl (C=O) groups is 1. The van der Waals surface area contributed by atoms with E-state index in [9.17, 15) is 9.18 Å². The molecular weight excluding hydrogens is 291 g/mol. The smallest absolute Gasteiger partial charge is 0.320 e. The highest BCUT2D eigenvalue weighted by Gasteiger charge is 2.11. The summed E-state index contributed by atoms with van der Waals surface area (Å²) in [5.74, 6) is -1.28. The molecule has 21 heavy (non-hydrogen) atoms. The van der Waals surface area contributed by atoms with Gasteiger partial charge in [-0.05, 0) is 60.3 Å². The van der Waals surface area contributed by atoms with Gasteiger partial charge in [-0.3, -0.25) is 4.79 Å². The molecule has 0 spiro atoms. The van der Waals surface area contributed by atoms with Gasteiger partial charge in [0.25, 0.3) is 0 Å². The van der Waals surface area contributed by atoms with Crippen molar-refractivity contribution in [3.8, 4) is 0 Å². The van der Waals surface area contributed by atoms with Gasteiger partial charge < -0.3 is 15.6 Å². The zero-order chi connectivity index (χ0) is 15.2. The third kappa shape index (κ3) is 4.77. The van der Waals surface area contributed by atoms with Crippen LogP contribution < -0.4 is 10.5 Å². The topological polar surface area (TPSA) is 75.3 Å². The molecule has 0 aliphatic heterocycles. The van der Waals surface area contributed by atoms with Crippen LogP contribution in [0.5, 0.6) is 0 Å². The van der Waals surface area contributed by atoms with Crippen molar-refractivity contribution >= 4 is 23.6 Å². The summed E-state index contributed by atoms with van der Waals surface area (Å²) in [5, 5.41) is 8.76. The quantitative estimate of drug-likeness (QED) is 0.716. The van der Waals surface area contributed by atoms with E-state index < -0.39 is 12.0 Å². The van der Waals surface area contributed by atoms with Crippen molar-refractivity contribution in [3.05, 3.63) is 59.9 Å². The third-order valence-corrected chi connectivity index (χ3v) is 3.67. The van der Waals surface area contributed by atoms with Crippen LogP contribution >= 0.6 is 11.9 Å². The largest absolute Gasteiger partial charge is 0.480 e. The highest BCUT2D eigenvalue weighted by Crippen LogP contribution is 2.21. The molecule has 4 N–H and O–H groups in total. The molecule has 0 bridgehead atoms. The zero-order valence-electron chi connectivity index (χ0n) is 11.1. The van der Waals surface area contributed by atoms with E-state index in [2.05, 4.69) is 4.72 Å². The summed E-state index contributed by atoms with van der Waals surface area (Å²) in [6.45, 7) is 0. The molecule has 0 fully saturated rings. The Morgan fingerprint density at radius 1 is 1.19 bits per heavy atom. The van der Waals surface area contributed by atoms with E-state index in [0.717, 1.165) is 16.1 Å². The van der Waals surface area contributed by atoms with Crippen molar-refractivity contribution in [2.45, 2.75) is 17.4 Å². The van der Waals surface area contributed by atoms with Crippen LogP contribution in [0.3, 0.4) is 0 Å². The molecule has 0 amide bonds. The highest BCUT2D eigenvalue weighted by atomic mass is 32.2. The first-order chi connectivity index (χ1) is 10.0. The van der Waals surface area contributed by atoms with Gasteiger partial charge in [-0.1, -0.05) is 12.1 Å². The number of carboxylic acid groups (broad SMARTS) is 1. The van der Waals surface area contributed by atoms with Gasteiger partial charge in [0.15, 0.2) is 0 Å². The fraction of sp³-hybridized carbons (Fsp3) is 0.133. The molecule has 6 heteroatoms. The summed E-state index contributed by atoms with van der Waals surface area (Å²) < 4.78 is 15.9. The van der Waals surface area contributed by atoms with Gasteiger partial charge in [-0.25, -0.2) is 4.39 Å². The summed E-state index contributed by atoms with van der Waals surface area (Å²) in [5.41, 5.74) is 7.22. The fourth-order valence-electron chi connectivity index (χ4n) is 1.67. The number of aliphatic carboxylic acids is 1. The van der Waals surface area contributed by atoms with Crippen LogP contribution in [-0.2, 0) is 11.2 Å². The van der Waals surface area contributed by atoms with Crippen LogP contribution in [0.2, 0.25) is 0 Å². The number of carboxylic acids is 1. The lowest BCUT2D eigenvalue weighted by molar-refractivity contribution is -0.138. The van der Waals surface area contributed by atoms with Crippen LogP contribution in [0.15, 0.2) is 53.4 Å². The van der Waals surface area contributed by atoms with E-state index in [1.807, 2.05) is 24.3 Å². The molecule has 0 saturated carbocycles. The molecule has 0 aliphatic rings. The predicted molar refractivity (Wildman–Crippen MR) is 81.6 cm³/mol. The van der Waals surface area contributed by atoms with E-state index in [-0.39, 0.29) is 5.82 Å². The van der Waals surface area contributed by atoms with E-state index in [1.165, 1.54) is 24.1 Å². The summed E-state index contributed by atoms with van der Waals surface area (Å²) >= 11 is 1.37. The molecular formula is C15H15FN2O2S. The Balaban J connectivity index is 1.90. The monoisotopic (exact) mass is 306 g/mol. The SMILES string of the molecule is NC(Cc1ccc(NSc2ccc(F)cc2)cc1)C(=O)O. The summed E-state index contributed by atoms with van der Waals surface area (Å²) in [6.07, 6.45) is 0.292. The van der Waals surface area contributed by atoms with Gasteiger partial charge in [0, 0.05) is 10.6 Å². The summed E-state index contributed by atoms with van der Waals surface area (Å²) in [7, 11) is 0. The van der Waals surface area contributed by atoms with E-state index in [4.69, 9.17) is 10.8 Å². The van der Waals surface area contributed by atoms with Crippen molar-refractivity contribution in [2.75, 3.05) is 4.72 Å². The second-order valence-corrected chi connectivity index (χ2v) is 5.38. The molecule has 2 rings (SSSR count). The molecule has 1 atom stereocenters. The van der Waals surface area contributed by atoms with Crippen LogP contribution in [0.4, 0.5) is 10.1 Å². The molecule has 0 heterocycles. The van der Waals surface area contributed by atoms with Gasteiger partial charge in [0.2, 0.25) is 0 Å².